The maximum absolute atomic E-state index is 13.1. The first-order valence-corrected chi connectivity index (χ1v) is 11.2. The van der Waals surface area contributed by atoms with Gasteiger partial charge in [0.1, 0.15) is 0 Å². The first kappa shape index (κ1) is 21.6. The Kier molecular flexibility index (Phi) is 5.42. The van der Waals surface area contributed by atoms with E-state index < -0.39 is 12.1 Å². The van der Waals surface area contributed by atoms with Crippen molar-refractivity contribution in [3.8, 4) is 0 Å². The van der Waals surface area contributed by atoms with Crippen LogP contribution in [0.1, 0.15) is 32.7 Å². The van der Waals surface area contributed by atoms with E-state index in [1.807, 2.05) is 35.2 Å². The highest BCUT2D eigenvalue weighted by Crippen LogP contribution is 2.39. The van der Waals surface area contributed by atoms with E-state index in [0.717, 1.165) is 5.56 Å². The fraction of sp³-hybridized carbons (Fsp3) is 0.400. The van der Waals surface area contributed by atoms with Crippen molar-refractivity contribution in [2.75, 3.05) is 32.7 Å². The number of likely N-dealkylation sites (tertiary alicyclic amines) is 1. The molecular formula is C25H27N3O5. The molecule has 0 radical (unpaired) electrons. The summed E-state index contributed by atoms with van der Waals surface area (Å²) in [6.07, 6.45) is 0.510. The molecule has 0 aromatic heterocycles. The number of carboxylic acid groups (broad SMARTS) is 1. The second-order valence-electron chi connectivity index (χ2n) is 9.40. The predicted molar refractivity (Wildman–Crippen MR) is 120 cm³/mol. The molecule has 2 aromatic carbocycles. The number of aliphatic hydroxyl groups is 1. The average Bonchev–Trinajstić information content (AvgIpc) is 3.17. The van der Waals surface area contributed by atoms with E-state index in [1.165, 1.54) is 12.1 Å². The Balaban J connectivity index is 1.32. The molecule has 2 aromatic rings. The van der Waals surface area contributed by atoms with E-state index in [1.54, 1.807) is 17.0 Å². The standard InChI is InChI=1S/C25H27N3O5/c29-21-11-20-12-26(22(30)9-17-5-2-1-3-6-17)14-25(28(20)13-21)15-27(16-25)23(31)18-7-4-8-19(10-18)24(32)33/h1-8,10,20-21,29H,9,11-16H2,(H,32,33). The molecule has 8 nitrogen and oxygen atoms in total. The number of nitrogens with zero attached hydrogens (tertiary/aromatic N) is 3. The first-order valence-electron chi connectivity index (χ1n) is 11.2. The Morgan fingerprint density at radius 2 is 1.61 bits per heavy atom. The second kappa shape index (κ2) is 8.28. The molecule has 3 aliphatic heterocycles. The number of benzene rings is 2. The molecule has 2 N–H and O–H groups in total. The predicted octanol–water partition coefficient (Wildman–Crippen LogP) is 1.10. The van der Waals surface area contributed by atoms with Crippen molar-refractivity contribution < 1.29 is 24.6 Å². The van der Waals surface area contributed by atoms with Crippen LogP contribution in [0.15, 0.2) is 54.6 Å². The third-order valence-corrected chi connectivity index (χ3v) is 7.08. The maximum atomic E-state index is 13.1. The van der Waals surface area contributed by atoms with Crippen LogP contribution in [0.25, 0.3) is 0 Å². The number of fused-ring (bicyclic) bond motifs is 2. The molecule has 5 rings (SSSR count). The number of β-amino-alcohol motifs (C(OH)–C–C–N with tert-alkyl or cyclic N) is 1. The van der Waals surface area contributed by atoms with Crippen molar-refractivity contribution in [3.63, 3.8) is 0 Å². The van der Waals surface area contributed by atoms with E-state index in [-0.39, 0.29) is 29.0 Å². The van der Waals surface area contributed by atoms with Crippen LogP contribution < -0.4 is 0 Å². The van der Waals surface area contributed by atoms with Crippen molar-refractivity contribution in [3.05, 3.63) is 71.3 Å². The van der Waals surface area contributed by atoms with Crippen LogP contribution >= 0.6 is 0 Å². The molecular weight excluding hydrogens is 422 g/mol. The molecule has 1 spiro atoms. The topological polar surface area (TPSA) is 101 Å². The molecule has 8 heteroatoms. The fourth-order valence-electron chi connectivity index (χ4n) is 5.54. The van der Waals surface area contributed by atoms with E-state index in [4.69, 9.17) is 0 Å². The number of aromatic carboxylic acids is 1. The van der Waals surface area contributed by atoms with Gasteiger partial charge in [0.2, 0.25) is 5.91 Å². The molecule has 3 aliphatic rings. The highest BCUT2D eigenvalue weighted by molar-refractivity contribution is 5.98. The van der Waals surface area contributed by atoms with Gasteiger partial charge in [0, 0.05) is 44.3 Å². The Hall–Kier alpha value is -3.23. The van der Waals surface area contributed by atoms with Crippen molar-refractivity contribution in [1.82, 2.24) is 14.7 Å². The van der Waals surface area contributed by atoms with Crippen LogP contribution in [-0.2, 0) is 11.2 Å². The molecule has 172 valence electrons. The summed E-state index contributed by atoms with van der Waals surface area (Å²) in [5, 5.41) is 19.5. The Morgan fingerprint density at radius 3 is 2.33 bits per heavy atom. The van der Waals surface area contributed by atoms with E-state index in [2.05, 4.69) is 4.90 Å². The number of rotatable bonds is 4. The van der Waals surface area contributed by atoms with Gasteiger partial charge in [0.25, 0.3) is 5.91 Å². The summed E-state index contributed by atoms with van der Waals surface area (Å²) in [7, 11) is 0. The van der Waals surface area contributed by atoms with Gasteiger partial charge >= 0.3 is 5.97 Å². The third-order valence-electron chi connectivity index (χ3n) is 7.08. The van der Waals surface area contributed by atoms with Crippen molar-refractivity contribution in [2.24, 2.45) is 0 Å². The minimum Gasteiger partial charge on any atom is -0.478 e. The van der Waals surface area contributed by atoms with Gasteiger partial charge in [-0.3, -0.25) is 14.5 Å². The molecule has 2 amide bonds. The molecule has 0 saturated carbocycles. The zero-order valence-electron chi connectivity index (χ0n) is 18.3. The minimum atomic E-state index is -1.07. The number of aliphatic hydroxyl groups excluding tert-OH is 1. The van der Waals surface area contributed by atoms with Gasteiger partial charge < -0.3 is 20.0 Å². The number of carboxylic acids is 1. The van der Waals surface area contributed by atoms with Crippen LogP contribution in [0.2, 0.25) is 0 Å². The van der Waals surface area contributed by atoms with Gasteiger partial charge in [-0.05, 0) is 30.2 Å². The van der Waals surface area contributed by atoms with Gasteiger partial charge in [-0.1, -0.05) is 36.4 Å². The van der Waals surface area contributed by atoms with Gasteiger partial charge in [-0.15, -0.1) is 0 Å². The van der Waals surface area contributed by atoms with Crippen molar-refractivity contribution in [1.29, 1.82) is 0 Å². The molecule has 0 bridgehead atoms. The fourth-order valence-corrected chi connectivity index (χ4v) is 5.54. The summed E-state index contributed by atoms with van der Waals surface area (Å²) in [6.45, 7) is 2.53. The monoisotopic (exact) mass is 449 g/mol. The Bertz CT molecular complexity index is 1080. The van der Waals surface area contributed by atoms with E-state index in [9.17, 15) is 24.6 Å². The van der Waals surface area contributed by atoms with E-state index in [0.29, 0.717) is 51.1 Å². The molecule has 3 heterocycles. The highest BCUT2D eigenvalue weighted by atomic mass is 16.4. The number of hydrogen-bond donors (Lipinski definition) is 2. The van der Waals surface area contributed by atoms with Gasteiger partial charge in [0.15, 0.2) is 0 Å². The maximum Gasteiger partial charge on any atom is 0.335 e. The molecule has 2 atom stereocenters. The number of hydrogen-bond acceptors (Lipinski definition) is 5. The van der Waals surface area contributed by atoms with Gasteiger partial charge in [-0.2, -0.15) is 0 Å². The van der Waals surface area contributed by atoms with Crippen molar-refractivity contribution >= 4 is 17.8 Å². The van der Waals surface area contributed by atoms with Crippen LogP contribution in [0.5, 0.6) is 0 Å². The zero-order valence-corrected chi connectivity index (χ0v) is 18.3. The normalized spacial score (nSPS) is 23.8. The SMILES string of the molecule is O=C(O)c1cccc(C(=O)N2CC3(CN(C(=O)Cc4ccccc4)CC4CC(O)CN43)C2)c1. The van der Waals surface area contributed by atoms with Crippen LogP contribution in [-0.4, -0.2) is 93.1 Å². The second-order valence-corrected chi connectivity index (χ2v) is 9.40. The summed E-state index contributed by atoms with van der Waals surface area (Å²) in [5.41, 5.74) is 1.01. The van der Waals surface area contributed by atoms with E-state index >= 15 is 0 Å². The largest absolute Gasteiger partial charge is 0.478 e. The summed E-state index contributed by atoms with van der Waals surface area (Å²) < 4.78 is 0. The van der Waals surface area contributed by atoms with Crippen molar-refractivity contribution in [2.45, 2.75) is 30.5 Å². The Labute approximate surface area is 192 Å². The summed E-state index contributed by atoms with van der Waals surface area (Å²) in [4.78, 5) is 43.3. The molecule has 33 heavy (non-hydrogen) atoms. The van der Waals surface area contributed by atoms with Crippen LogP contribution in [0, 0.1) is 0 Å². The molecule has 3 fully saturated rings. The summed E-state index contributed by atoms with van der Waals surface area (Å²) in [6, 6.07) is 15.8. The van der Waals surface area contributed by atoms with Crippen LogP contribution in [0.3, 0.4) is 0 Å². The lowest BCUT2D eigenvalue weighted by Crippen LogP contribution is -2.79. The smallest absolute Gasteiger partial charge is 0.335 e. The highest BCUT2D eigenvalue weighted by Gasteiger charge is 2.57. The lowest BCUT2D eigenvalue weighted by atomic mass is 9.83. The van der Waals surface area contributed by atoms with Gasteiger partial charge in [0.05, 0.1) is 23.6 Å². The zero-order chi connectivity index (χ0) is 23.2. The van der Waals surface area contributed by atoms with Gasteiger partial charge in [-0.25, -0.2) is 4.79 Å². The molecule has 2 unspecified atom stereocenters. The number of amides is 2. The molecule has 0 aliphatic carbocycles. The summed E-state index contributed by atoms with van der Waals surface area (Å²) >= 11 is 0. The lowest BCUT2D eigenvalue weighted by Gasteiger charge is -2.60. The summed E-state index contributed by atoms with van der Waals surface area (Å²) in [5.74, 6) is -1.23. The number of carbonyl (C=O) groups excluding carboxylic acids is 2. The first-order chi connectivity index (χ1) is 15.8. The number of carbonyl (C=O) groups is 3. The third kappa shape index (κ3) is 4.00. The quantitative estimate of drug-likeness (QED) is 0.725. The Morgan fingerprint density at radius 1 is 0.909 bits per heavy atom. The minimum absolute atomic E-state index is 0.0561. The number of piperazine rings is 1. The van der Waals surface area contributed by atoms with Crippen LogP contribution in [0.4, 0.5) is 0 Å². The molecule has 3 saturated heterocycles. The lowest BCUT2D eigenvalue weighted by molar-refractivity contribution is -0.146. The average molecular weight is 450 g/mol.